The Hall–Kier alpha value is -3.40. The van der Waals surface area contributed by atoms with Crippen LogP contribution in [0.15, 0.2) is 54.6 Å². The van der Waals surface area contributed by atoms with Gasteiger partial charge >= 0.3 is 0 Å². The summed E-state index contributed by atoms with van der Waals surface area (Å²) in [6.07, 6.45) is 5.94. The van der Waals surface area contributed by atoms with Crippen molar-refractivity contribution in [2.24, 2.45) is 17.6 Å². The lowest BCUT2D eigenvalue weighted by molar-refractivity contribution is 0.0569. The lowest BCUT2D eigenvalue weighted by Crippen LogP contribution is -2.52. The summed E-state index contributed by atoms with van der Waals surface area (Å²) in [5, 5.41) is 11.9. The van der Waals surface area contributed by atoms with Gasteiger partial charge in [0.05, 0.1) is 6.04 Å². The average Bonchev–Trinajstić information content (AvgIpc) is 3.41. The monoisotopic (exact) mass is 569 g/mol. The molecule has 3 saturated heterocycles. The molecule has 1 amide bonds. The Morgan fingerprint density at radius 1 is 0.905 bits per heavy atom. The van der Waals surface area contributed by atoms with Gasteiger partial charge in [-0.3, -0.25) is 4.79 Å². The van der Waals surface area contributed by atoms with E-state index >= 15 is 0 Å². The molecule has 0 saturated carbocycles. The number of aromatic nitrogens is 2. The molecular formula is C33H43N7O2. The highest BCUT2D eigenvalue weighted by molar-refractivity contribution is 6.03. The van der Waals surface area contributed by atoms with E-state index in [0.29, 0.717) is 17.2 Å². The Morgan fingerprint density at radius 3 is 2.29 bits per heavy atom. The van der Waals surface area contributed by atoms with Gasteiger partial charge in [0.25, 0.3) is 5.91 Å². The van der Waals surface area contributed by atoms with E-state index in [0.717, 1.165) is 60.9 Å². The molecule has 1 aromatic heterocycles. The first kappa shape index (κ1) is 27.4. The van der Waals surface area contributed by atoms with Crippen molar-refractivity contribution in [1.82, 2.24) is 24.9 Å². The van der Waals surface area contributed by atoms with Crippen LogP contribution in [0.2, 0.25) is 0 Å². The Bertz CT molecular complexity index is 1360. The summed E-state index contributed by atoms with van der Waals surface area (Å²) in [4.78, 5) is 18.2. The molecule has 5 heterocycles. The van der Waals surface area contributed by atoms with Crippen molar-refractivity contribution < 1.29 is 9.53 Å². The summed E-state index contributed by atoms with van der Waals surface area (Å²) in [7, 11) is 0. The fraction of sp³-hybridized carbons (Fsp3) is 0.515. The minimum atomic E-state index is -0.446. The molecule has 9 nitrogen and oxygen atoms in total. The quantitative estimate of drug-likeness (QED) is 0.374. The first-order valence-corrected chi connectivity index (χ1v) is 15.8. The van der Waals surface area contributed by atoms with Gasteiger partial charge in [0, 0.05) is 37.8 Å². The van der Waals surface area contributed by atoms with Crippen LogP contribution >= 0.6 is 0 Å². The Labute approximate surface area is 248 Å². The Balaban J connectivity index is 1.02. The molecule has 1 atom stereocenters. The highest BCUT2D eigenvalue weighted by atomic mass is 16.5. The van der Waals surface area contributed by atoms with E-state index in [2.05, 4.69) is 25.1 Å². The number of para-hydroxylation sites is 1. The van der Waals surface area contributed by atoms with E-state index in [-0.39, 0.29) is 6.04 Å². The summed E-state index contributed by atoms with van der Waals surface area (Å²) in [5.41, 5.74) is 7.94. The summed E-state index contributed by atoms with van der Waals surface area (Å²) < 4.78 is 8.05. The van der Waals surface area contributed by atoms with Gasteiger partial charge in [0.1, 0.15) is 28.6 Å². The van der Waals surface area contributed by atoms with E-state index in [1.54, 1.807) is 0 Å². The number of piperidine rings is 2. The number of nitrogens with zero attached hydrogens (tertiary/aromatic N) is 4. The normalized spacial score (nSPS) is 22.7. The number of primary amides is 1. The number of hydrogen-bond donors (Lipinski definition) is 3. The van der Waals surface area contributed by atoms with E-state index in [1.165, 1.54) is 58.4 Å². The number of likely N-dealkylation sites (tertiary alicyclic amines) is 2. The molecule has 42 heavy (non-hydrogen) atoms. The summed E-state index contributed by atoms with van der Waals surface area (Å²) in [5.74, 6) is 3.25. The fourth-order valence-electron chi connectivity index (χ4n) is 7.46. The molecule has 2 aromatic carbocycles. The number of hydrogen-bond acceptors (Lipinski definition) is 7. The molecule has 3 fully saturated rings. The van der Waals surface area contributed by atoms with Gasteiger partial charge in [-0.25, -0.2) is 4.68 Å². The standard InChI is InChI=1S/C33H43N7O2/c34-32(41)30-31(25-6-8-28(9-7-25)42-27-4-2-1-3-5-27)37-40-29(10-15-36-33(30)40)24-11-18-39(19-12-24)26-13-16-38(17-14-26)22-23-20-35-21-23/h1-9,23-24,26,29,35-36H,10-22H2,(H2,34,41)/t29-/m0/s1. The van der Waals surface area contributed by atoms with Gasteiger partial charge in [-0.2, -0.15) is 5.10 Å². The van der Waals surface area contributed by atoms with Crippen molar-refractivity contribution in [3.63, 3.8) is 0 Å². The lowest BCUT2D eigenvalue weighted by Gasteiger charge is -2.44. The molecule has 222 valence electrons. The van der Waals surface area contributed by atoms with Crippen LogP contribution in [0.4, 0.5) is 5.82 Å². The smallest absolute Gasteiger partial charge is 0.254 e. The minimum Gasteiger partial charge on any atom is -0.457 e. The van der Waals surface area contributed by atoms with Gasteiger partial charge < -0.3 is 30.9 Å². The Kier molecular flexibility index (Phi) is 7.88. The summed E-state index contributed by atoms with van der Waals surface area (Å²) in [6, 6.07) is 18.5. The molecule has 4 aliphatic rings. The second-order valence-electron chi connectivity index (χ2n) is 12.5. The van der Waals surface area contributed by atoms with Gasteiger partial charge in [-0.05, 0) is 107 Å². The van der Waals surface area contributed by atoms with Crippen LogP contribution in [0.5, 0.6) is 11.5 Å². The Morgan fingerprint density at radius 2 is 1.62 bits per heavy atom. The van der Waals surface area contributed by atoms with Crippen molar-refractivity contribution in [3.05, 3.63) is 60.2 Å². The second-order valence-corrected chi connectivity index (χ2v) is 12.5. The zero-order chi connectivity index (χ0) is 28.5. The molecular weight excluding hydrogens is 526 g/mol. The van der Waals surface area contributed by atoms with Crippen molar-refractivity contribution in [2.45, 2.75) is 44.2 Å². The third kappa shape index (κ3) is 5.65. The highest BCUT2D eigenvalue weighted by Crippen LogP contribution is 2.40. The SMILES string of the molecule is NC(=O)c1c(-c2ccc(Oc3ccccc3)cc2)nn2c1NCC[C@H]2C1CCN(C2CCN(CC3CNC3)CC2)CC1. The molecule has 0 unspecified atom stereocenters. The zero-order valence-electron chi connectivity index (χ0n) is 24.4. The molecule has 4 aliphatic heterocycles. The largest absolute Gasteiger partial charge is 0.457 e. The number of fused-ring (bicyclic) bond motifs is 1. The van der Waals surface area contributed by atoms with Gasteiger partial charge in [0.15, 0.2) is 0 Å². The number of amides is 1. The molecule has 3 aromatic rings. The van der Waals surface area contributed by atoms with Crippen molar-refractivity contribution in [1.29, 1.82) is 0 Å². The number of rotatable bonds is 8. The average molecular weight is 570 g/mol. The first-order chi connectivity index (χ1) is 20.6. The van der Waals surface area contributed by atoms with Crippen LogP contribution in [0.25, 0.3) is 11.3 Å². The maximum absolute atomic E-state index is 12.7. The number of nitrogens with one attached hydrogen (secondary N) is 2. The molecule has 7 rings (SSSR count). The predicted molar refractivity (Wildman–Crippen MR) is 165 cm³/mol. The second kappa shape index (κ2) is 12.1. The number of carbonyl (C=O) groups is 1. The molecule has 4 N–H and O–H groups in total. The van der Waals surface area contributed by atoms with Crippen LogP contribution in [0.3, 0.4) is 0 Å². The van der Waals surface area contributed by atoms with E-state index in [1.807, 2.05) is 54.6 Å². The van der Waals surface area contributed by atoms with Crippen molar-refractivity contribution in [3.8, 4) is 22.8 Å². The third-order valence-corrected chi connectivity index (χ3v) is 9.88. The summed E-state index contributed by atoms with van der Waals surface area (Å²) in [6.45, 7) is 9.27. The van der Waals surface area contributed by atoms with Crippen LogP contribution < -0.4 is 21.1 Å². The van der Waals surface area contributed by atoms with Crippen LogP contribution in [-0.2, 0) is 0 Å². The van der Waals surface area contributed by atoms with Crippen LogP contribution in [0, 0.1) is 11.8 Å². The maximum atomic E-state index is 12.7. The number of nitrogens with two attached hydrogens (primary N) is 1. The topological polar surface area (TPSA) is 101 Å². The fourth-order valence-corrected chi connectivity index (χ4v) is 7.46. The van der Waals surface area contributed by atoms with E-state index in [9.17, 15) is 4.79 Å². The predicted octanol–water partition coefficient (Wildman–Crippen LogP) is 4.19. The number of anilines is 1. The molecule has 0 radical (unpaired) electrons. The van der Waals surface area contributed by atoms with E-state index in [4.69, 9.17) is 15.6 Å². The maximum Gasteiger partial charge on any atom is 0.254 e. The molecule has 0 spiro atoms. The molecule has 0 bridgehead atoms. The van der Waals surface area contributed by atoms with Gasteiger partial charge in [0.2, 0.25) is 0 Å². The van der Waals surface area contributed by atoms with Crippen molar-refractivity contribution in [2.75, 3.05) is 57.7 Å². The minimum absolute atomic E-state index is 0.272. The van der Waals surface area contributed by atoms with Crippen LogP contribution in [-0.4, -0.2) is 83.9 Å². The zero-order valence-corrected chi connectivity index (χ0v) is 24.4. The molecule has 9 heteroatoms. The third-order valence-electron chi connectivity index (χ3n) is 9.88. The first-order valence-electron chi connectivity index (χ1n) is 15.8. The lowest BCUT2D eigenvalue weighted by atomic mass is 9.85. The highest BCUT2D eigenvalue weighted by Gasteiger charge is 2.37. The molecule has 0 aliphatic carbocycles. The van der Waals surface area contributed by atoms with E-state index < -0.39 is 5.91 Å². The van der Waals surface area contributed by atoms with Crippen LogP contribution in [0.1, 0.15) is 48.5 Å². The number of carbonyl (C=O) groups excluding carboxylic acids is 1. The van der Waals surface area contributed by atoms with Gasteiger partial charge in [-0.15, -0.1) is 0 Å². The van der Waals surface area contributed by atoms with Crippen molar-refractivity contribution >= 4 is 11.7 Å². The number of ether oxygens (including phenoxy) is 1. The van der Waals surface area contributed by atoms with Gasteiger partial charge in [-0.1, -0.05) is 18.2 Å². The number of benzene rings is 2. The summed E-state index contributed by atoms with van der Waals surface area (Å²) >= 11 is 0.